The number of amides is 1. The number of allylic oxidation sites excluding steroid dienone is 2. The van der Waals surface area contributed by atoms with E-state index >= 15 is 0 Å². The summed E-state index contributed by atoms with van der Waals surface area (Å²) in [5.41, 5.74) is 2.78. The van der Waals surface area contributed by atoms with Crippen molar-refractivity contribution in [3.05, 3.63) is 113 Å². The standard InChI is InChI=1S/C30H27F3N2O5.Eu/c1-35(2)23-14-12-21(13-15-23)27-28(20-6-4-3-5-7-20)40-24(18-39-27)17-34-29(38)22-10-8-19(9-11-22)25(36)16-26(37)30(31,32)33;/h3-16,24,37H,17-18H2,1-2H3,(H,34,38);/b26-16-;. The van der Waals surface area contributed by atoms with Crippen molar-refractivity contribution in [1.82, 2.24) is 5.32 Å². The molecule has 0 saturated heterocycles. The van der Waals surface area contributed by atoms with E-state index in [-0.39, 0.29) is 79.7 Å². The smallest absolute Gasteiger partial charge is 0.448 e. The summed E-state index contributed by atoms with van der Waals surface area (Å²) in [5, 5.41) is 11.7. The Morgan fingerprint density at radius 3 is 2.10 bits per heavy atom. The van der Waals surface area contributed by atoms with Crippen LogP contribution in [0.25, 0.3) is 11.5 Å². The van der Waals surface area contributed by atoms with Crippen LogP contribution in [0.4, 0.5) is 18.9 Å². The second-order valence-corrected chi connectivity index (χ2v) is 9.20. The van der Waals surface area contributed by atoms with Crippen LogP contribution in [0.3, 0.4) is 0 Å². The van der Waals surface area contributed by atoms with E-state index in [0.717, 1.165) is 16.8 Å². The first-order valence-electron chi connectivity index (χ1n) is 12.3. The Morgan fingerprint density at radius 2 is 1.51 bits per heavy atom. The molecule has 1 unspecified atom stereocenters. The molecular weight excluding hydrogens is 677 g/mol. The molecule has 1 aliphatic rings. The SMILES string of the molecule is CN(C)c1ccc(C2=C(c3ccccc3)OC(CNC(=O)c3ccc(C(=O)/C=C(\O)C(F)(F)F)cc3)CO2)cc1.[Eu]. The van der Waals surface area contributed by atoms with Crippen LogP contribution in [-0.2, 0) is 9.47 Å². The quantitative estimate of drug-likeness (QED) is 0.180. The molecule has 3 aromatic carbocycles. The van der Waals surface area contributed by atoms with Gasteiger partial charge in [0, 0.05) is 97.5 Å². The number of halogens is 3. The summed E-state index contributed by atoms with van der Waals surface area (Å²) in [4.78, 5) is 26.7. The van der Waals surface area contributed by atoms with Crippen LogP contribution in [-0.4, -0.2) is 56.3 Å². The molecule has 7 nitrogen and oxygen atoms in total. The number of carbonyl (C=O) groups excluding carboxylic acids is 2. The third-order valence-electron chi connectivity index (χ3n) is 6.07. The van der Waals surface area contributed by atoms with E-state index in [9.17, 15) is 22.8 Å². The van der Waals surface area contributed by atoms with Gasteiger partial charge in [-0.1, -0.05) is 42.5 Å². The van der Waals surface area contributed by atoms with Gasteiger partial charge >= 0.3 is 6.18 Å². The first-order valence-corrected chi connectivity index (χ1v) is 12.3. The third kappa shape index (κ3) is 8.44. The van der Waals surface area contributed by atoms with Crippen molar-refractivity contribution in [3.8, 4) is 0 Å². The average molecular weight is 705 g/mol. The summed E-state index contributed by atoms with van der Waals surface area (Å²) in [7, 11) is 3.91. The molecule has 0 aromatic heterocycles. The average Bonchev–Trinajstić information content (AvgIpc) is 2.95. The minimum absolute atomic E-state index is 0. The molecule has 1 radical (unpaired) electrons. The summed E-state index contributed by atoms with van der Waals surface area (Å²) in [6.07, 6.45) is -5.42. The molecule has 0 spiro atoms. The van der Waals surface area contributed by atoms with Crippen LogP contribution >= 0.6 is 0 Å². The molecule has 0 aliphatic carbocycles. The molecule has 41 heavy (non-hydrogen) atoms. The largest absolute Gasteiger partial charge is 0.504 e. The van der Waals surface area contributed by atoms with Crippen LogP contribution in [0.15, 0.2) is 90.7 Å². The number of benzene rings is 3. The Kier molecular flexibility index (Phi) is 11.2. The van der Waals surface area contributed by atoms with Crippen LogP contribution in [0.2, 0.25) is 0 Å². The summed E-state index contributed by atoms with van der Waals surface area (Å²) in [6.45, 7) is 0.300. The number of carbonyl (C=O) groups is 2. The van der Waals surface area contributed by atoms with Gasteiger partial charge in [0.15, 0.2) is 17.3 Å². The molecule has 0 fully saturated rings. The van der Waals surface area contributed by atoms with Gasteiger partial charge in [-0.25, -0.2) is 0 Å². The summed E-state index contributed by atoms with van der Waals surface area (Å²) in [6, 6.07) is 22.4. The van der Waals surface area contributed by atoms with Crippen molar-refractivity contribution >= 4 is 28.9 Å². The molecule has 0 bridgehead atoms. The molecule has 4 rings (SSSR count). The zero-order valence-corrected chi connectivity index (χ0v) is 24.5. The van der Waals surface area contributed by atoms with Crippen LogP contribution in [0.5, 0.6) is 0 Å². The summed E-state index contributed by atoms with van der Waals surface area (Å²) >= 11 is 0. The van der Waals surface area contributed by atoms with Gasteiger partial charge in [-0.3, -0.25) is 9.59 Å². The van der Waals surface area contributed by atoms with Gasteiger partial charge in [-0.15, -0.1) is 0 Å². The third-order valence-corrected chi connectivity index (χ3v) is 6.07. The van der Waals surface area contributed by atoms with E-state index in [0.29, 0.717) is 11.5 Å². The maximum atomic E-state index is 12.7. The molecule has 0 saturated carbocycles. The molecule has 3 aromatic rings. The van der Waals surface area contributed by atoms with E-state index in [1.165, 1.54) is 24.3 Å². The van der Waals surface area contributed by atoms with Crippen molar-refractivity contribution in [2.24, 2.45) is 0 Å². The van der Waals surface area contributed by atoms with Gasteiger partial charge in [0.05, 0.1) is 6.54 Å². The maximum Gasteiger partial charge on any atom is 0.448 e. The molecule has 1 atom stereocenters. The number of alkyl halides is 3. The van der Waals surface area contributed by atoms with Crippen molar-refractivity contribution in [3.63, 3.8) is 0 Å². The number of aliphatic hydroxyl groups excluding tert-OH is 1. The summed E-state index contributed by atoms with van der Waals surface area (Å²) in [5.74, 6) is -2.37. The Labute approximate surface area is 276 Å². The molecular formula is C30H27EuF3N2O5. The zero-order valence-electron chi connectivity index (χ0n) is 22.1. The number of nitrogens with zero attached hydrogens (tertiary/aromatic N) is 1. The number of hydrogen-bond acceptors (Lipinski definition) is 6. The molecule has 1 amide bonds. The van der Waals surface area contributed by atoms with Crippen molar-refractivity contribution in [2.75, 3.05) is 32.1 Å². The number of anilines is 1. The Morgan fingerprint density at radius 1 is 0.927 bits per heavy atom. The Hall–Kier alpha value is -3.15. The first kappa shape index (κ1) is 32.4. The predicted molar refractivity (Wildman–Crippen MR) is 145 cm³/mol. The second-order valence-electron chi connectivity index (χ2n) is 9.20. The predicted octanol–water partition coefficient (Wildman–Crippen LogP) is 5.61. The van der Waals surface area contributed by atoms with Gasteiger partial charge < -0.3 is 24.8 Å². The van der Waals surface area contributed by atoms with Crippen molar-refractivity contribution in [2.45, 2.75) is 12.3 Å². The molecule has 1 aliphatic heterocycles. The maximum absolute atomic E-state index is 12.7. The second kappa shape index (κ2) is 14.2. The minimum Gasteiger partial charge on any atom is -0.504 e. The fourth-order valence-corrected chi connectivity index (χ4v) is 3.89. The number of nitrogens with one attached hydrogen (secondary N) is 1. The van der Waals surface area contributed by atoms with Gasteiger partial charge in [0.25, 0.3) is 5.91 Å². The topological polar surface area (TPSA) is 88.1 Å². The van der Waals surface area contributed by atoms with E-state index in [2.05, 4.69) is 5.32 Å². The molecule has 2 N–H and O–H groups in total. The number of rotatable bonds is 8. The van der Waals surface area contributed by atoms with E-state index < -0.39 is 29.7 Å². The van der Waals surface area contributed by atoms with Gasteiger partial charge in [-0.05, 0) is 36.4 Å². The number of hydrogen-bond donors (Lipinski definition) is 2. The molecule has 11 heteroatoms. The number of aliphatic hydroxyl groups is 1. The van der Waals surface area contributed by atoms with E-state index in [1.807, 2.05) is 73.6 Å². The minimum atomic E-state index is -5.02. The van der Waals surface area contributed by atoms with Crippen LogP contribution in [0.1, 0.15) is 31.8 Å². The summed E-state index contributed by atoms with van der Waals surface area (Å²) < 4.78 is 49.8. The Balaban J connectivity index is 0.00000462. The monoisotopic (exact) mass is 705 g/mol. The zero-order chi connectivity index (χ0) is 28.9. The number of ketones is 1. The van der Waals surface area contributed by atoms with E-state index in [4.69, 9.17) is 14.6 Å². The molecule has 215 valence electrons. The molecule has 1 heterocycles. The number of ether oxygens (including phenoxy) is 2. The first-order chi connectivity index (χ1) is 19.0. The van der Waals surface area contributed by atoms with Crippen molar-refractivity contribution in [1.29, 1.82) is 0 Å². The van der Waals surface area contributed by atoms with Gasteiger partial charge in [-0.2, -0.15) is 13.2 Å². The van der Waals surface area contributed by atoms with Gasteiger partial charge in [0.1, 0.15) is 12.7 Å². The normalized spacial score (nSPS) is 15.2. The van der Waals surface area contributed by atoms with Crippen LogP contribution < -0.4 is 10.2 Å². The fourth-order valence-electron chi connectivity index (χ4n) is 3.89. The van der Waals surface area contributed by atoms with Crippen molar-refractivity contribution < 1.29 is 86.7 Å². The fraction of sp³-hybridized carbons (Fsp3) is 0.200. The van der Waals surface area contributed by atoms with Gasteiger partial charge in [0.2, 0.25) is 5.76 Å². The van der Waals surface area contributed by atoms with Crippen LogP contribution in [0, 0.1) is 49.4 Å². The van der Waals surface area contributed by atoms with E-state index in [1.54, 1.807) is 0 Å². The Bertz CT molecular complexity index is 1420.